The van der Waals surface area contributed by atoms with Crippen molar-refractivity contribution >= 4 is 45.5 Å². The van der Waals surface area contributed by atoms with Crippen molar-refractivity contribution in [1.29, 1.82) is 5.26 Å². The molecule has 0 unspecified atom stereocenters. The number of amides is 4. The number of allylic oxidation sites excluding steroid dienone is 1. The highest BCUT2D eigenvalue weighted by molar-refractivity contribution is 9.10. The van der Waals surface area contributed by atoms with Gasteiger partial charge in [0.2, 0.25) is 0 Å². The fourth-order valence-electron chi connectivity index (χ4n) is 3.08. The van der Waals surface area contributed by atoms with Crippen molar-refractivity contribution in [2.75, 3.05) is 11.5 Å². The number of nitrogens with one attached hydrogen (secondary N) is 1. The molecular weight excluding hydrogens is 462 g/mol. The van der Waals surface area contributed by atoms with Crippen LogP contribution in [0.2, 0.25) is 0 Å². The molecule has 0 atom stereocenters. The van der Waals surface area contributed by atoms with E-state index in [0.29, 0.717) is 27.9 Å². The number of imide groups is 2. The second-order valence-corrected chi connectivity index (χ2v) is 7.58. The third kappa shape index (κ3) is 4.73. The van der Waals surface area contributed by atoms with Gasteiger partial charge < -0.3 is 4.74 Å². The second-order valence-electron chi connectivity index (χ2n) is 6.72. The van der Waals surface area contributed by atoms with E-state index in [1.165, 1.54) is 6.08 Å². The van der Waals surface area contributed by atoms with E-state index in [4.69, 9.17) is 10.00 Å². The van der Waals surface area contributed by atoms with Crippen molar-refractivity contribution in [3.8, 4) is 11.8 Å². The molecule has 1 aliphatic heterocycles. The van der Waals surface area contributed by atoms with Gasteiger partial charge >= 0.3 is 6.03 Å². The zero-order valence-corrected chi connectivity index (χ0v) is 18.2. The molecular formula is C23H18BrN3O4. The number of urea groups is 1. The molecule has 4 amide bonds. The van der Waals surface area contributed by atoms with Crippen LogP contribution < -0.4 is 15.0 Å². The molecule has 2 aromatic carbocycles. The van der Waals surface area contributed by atoms with E-state index in [9.17, 15) is 14.4 Å². The number of hydrogen-bond acceptors (Lipinski definition) is 5. The summed E-state index contributed by atoms with van der Waals surface area (Å²) < 4.78 is 6.04. The number of carbonyl (C=O) groups excluding carboxylic acids is 3. The Bertz CT molecular complexity index is 1150. The van der Waals surface area contributed by atoms with Crippen LogP contribution in [0.25, 0.3) is 6.08 Å². The summed E-state index contributed by atoms with van der Waals surface area (Å²) in [6.07, 6.45) is 3.54. The van der Waals surface area contributed by atoms with Crippen molar-refractivity contribution in [2.24, 2.45) is 0 Å². The molecule has 3 rings (SSSR count). The van der Waals surface area contributed by atoms with E-state index in [1.807, 2.05) is 13.0 Å². The summed E-state index contributed by atoms with van der Waals surface area (Å²) in [4.78, 5) is 38.7. The number of anilines is 1. The van der Waals surface area contributed by atoms with Crippen molar-refractivity contribution in [2.45, 2.75) is 13.3 Å². The average Bonchev–Trinajstić information content (AvgIpc) is 2.72. The van der Waals surface area contributed by atoms with Crippen LogP contribution in [0.4, 0.5) is 10.5 Å². The van der Waals surface area contributed by atoms with Crippen LogP contribution >= 0.6 is 15.9 Å². The fraction of sp³-hybridized carbons (Fsp3) is 0.130. The fourth-order valence-corrected chi connectivity index (χ4v) is 3.72. The van der Waals surface area contributed by atoms with Gasteiger partial charge in [-0.15, -0.1) is 6.58 Å². The number of barbiturate groups is 1. The number of rotatable bonds is 6. The van der Waals surface area contributed by atoms with Gasteiger partial charge in [-0.05, 0) is 70.7 Å². The van der Waals surface area contributed by atoms with Gasteiger partial charge in [0.1, 0.15) is 17.4 Å². The van der Waals surface area contributed by atoms with Crippen molar-refractivity contribution in [3.63, 3.8) is 0 Å². The van der Waals surface area contributed by atoms with Crippen LogP contribution in [0.3, 0.4) is 0 Å². The van der Waals surface area contributed by atoms with E-state index in [-0.39, 0.29) is 12.2 Å². The molecule has 1 fully saturated rings. The smallest absolute Gasteiger partial charge is 0.335 e. The van der Waals surface area contributed by atoms with Gasteiger partial charge in [0.25, 0.3) is 11.8 Å². The average molecular weight is 480 g/mol. The summed E-state index contributed by atoms with van der Waals surface area (Å²) in [6.45, 7) is 5.48. The van der Waals surface area contributed by atoms with Gasteiger partial charge in [0.05, 0.1) is 10.2 Å². The molecule has 1 heterocycles. The Morgan fingerprint density at radius 3 is 2.58 bits per heavy atom. The molecule has 1 aliphatic rings. The lowest BCUT2D eigenvalue weighted by Crippen LogP contribution is -2.54. The summed E-state index contributed by atoms with van der Waals surface area (Å²) >= 11 is 3.41. The Morgan fingerprint density at radius 1 is 1.23 bits per heavy atom. The molecule has 1 saturated heterocycles. The maximum atomic E-state index is 13.0. The summed E-state index contributed by atoms with van der Waals surface area (Å²) in [7, 11) is 0. The molecule has 0 aliphatic carbocycles. The lowest BCUT2D eigenvalue weighted by Gasteiger charge is -2.26. The molecule has 0 spiro atoms. The molecule has 0 bridgehead atoms. The zero-order valence-electron chi connectivity index (χ0n) is 16.6. The minimum Gasteiger partial charge on any atom is -0.477 e. The number of aryl methyl sites for hydroxylation is 1. The number of hydrogen-bond donors (Lipinski definition) is 1. The molecule has 31 heavy (non-hydrogen) atoms. The van der Waals surface area contributed by atoms with Crippen LogP contribution in [0.5, 0.6) is 5.75 Å². The highest BCUT2D eigenvalue weighted by Gasteiger charge is 2.36. The number of nitrogens with zero attached hydrogens (tertiary/aromatic N) is 2. The predicted molar refractivity (Wildman–Crippen MR) is 119 cm³/mol. The minimum absolute atomic E-state index is 0.127. The van der Waals surface area contributed by atoms with Gasteiger partial charge in [-0.1, -0.05) is 23.8 Å². The van der Waals surface area contributed by atoms with Crippen LogP contribution in [0.15, 0.2) is 59.1 Å². The second kappa shape index (κ2) is 9.41. The van der Waals surface area contributed by atoms with Crippen LogP contribution in [-0.4, -0.2) is 24.5 Å². The number of benzene rings is 2. The zero-order chi connectivity index (χ0) is 22.5. The number of halogens is 1. The maximum absolute atomic E-state index is 13.0. The van der Waals surface area contributed by atoms with E-state index in [1.54, 1.807) is 42.5 Å². The molecule has 0 radical (unpaired) electrons. The third-order valence-corrected chi connectivity index (χ3v) is 5.08. The molecule has 0 aromatic heterocycles. The summed E-state index contributed by atoms with van der Waals surface area (Å²) in [6, 6.07) is 11.3. The first-order valence-corrected chi connectivity index (χ1v) is 10.1. The topological polar surface area (TPSA) is 99.5 Å². The Kier molecular flexibility index (Phi) is 6.68. The van der Waals surface area contributed by atoms with E-state index in [0.717, 1.165) is 16.0 Å². The standard InChI is InChI=1S/C23H18BrN3O4/c1-3-4-16-11-15(13-19(24)20(16)31-10-9-25)12-18-21(28)26-23(30)27(22(18)29)17-7-5-14(2)6-8-17/h3,5-8,11-13H,1,4,10H2,2H3,(H,26,28,30)/b18-12+. The monoisotopic (exact) mass is 479 g/mol. The lowest BCUT2D eigenvalue weighted by atomic mass is 10.0. The van der Waals surface area contributed by atoms with Crippen LogP contribution in [-0.2, 0) is 16.0 Å². The maximum Gasteiger partial charge on any atom is 0.335 e. The van der Waals surface area contributed by atoms with Gasteiger partial charge in [0.15, 0.2) is 6.61 Å². The van der Waals surface area contributed by atoms with E-state index >= 15 is 0 Å². The summed E-state index contributed by atoms with van der Waals surface area (Å²) in [5, 5.41) is 11.0. The summed E-state index contributed by atoms with van der Waals surface area (Å²) in [5.74, 6) is -1.01. The minimum atomic E-state index is -0.801. The molecule has 2 aromatic rings. The van der Waals surface area contributed by atoms with Gasteiger partial charge in [0, 0.05) is 0 Å². The number of nitriles is 1. The van der Waals surface area contributed by atoms with Crippen molar-refractivity contribution in [1.82, 2.24) is 5.32 Å². The van der Waals surface area contributed by atoms with Gasteiger partial charge in [-0.3, -0.25) is 14.9 Å². The third-order valence-electron chi connectivity index (χ3n) is 4.49. The Labute approximate surface area is 187 Å². The molecule has 7 nitrogen and oxygen atoms in total. The first-order chi connectivity index (χ1) is 14.8. The first-order valence-electron chi connectivity index (χ1n) is 9.27. The highest BCUT2D eigenvalue weighted by Crippen LogP contribution is 2.33. The lowest BCUT2D eigenvalue weighted by molar-refractivity contribution is -0.122. The first kappa shape index (κ1) is 22.0. The van der Waals surface area contributed by atoms with Gasteiger partial charge in [-0.2, -0.15) is 5.26 Å². The van der Waals surface area contributed by atoms with Crippen LogP contribution in [0.1, 0.15) is 16.7 Å². The van der Waals surface area contributed by atoms with Crippen molar-refractivity contribution < 1.29 is 19.1 Å². The molecule has 0 saturated carbocycles. The number of carbonyl (C=O) groups is 3. The van der Waals surface area contributed by atoms with E-state index in [2.05, 4.69) is 27.8 Å². The van der Waals surface area contributed by atoms with Crippen molar-refractivity contribution in [3.05, 3.63) is 75.8 Å². The molecule has 8 heteroatoms. The molecule has 1 N–H and O–H groups in total. The normalized spacial score (nSPS) is 14.9. The van der Waals surface area contributed by atoms with Crippen LogP contribution in [0, 0.1) is 18.3 Å². The molecule has 156 valence electrons. The quantitative estimate of drug-likeness (QED) is 0.382. The number of ether oxygens (including phenoxy) is 1. The van der Waals surface area contributed by atoms with E-state index < -0.39 is 17.8 Å². The SMILES string of the molecule is C=CCc1cc(/C=C2\C(=O)NC(=O)N(c3ccc(C)cc3)C2=O)cc(Br)c1OCC#N. The largest absolute Gasteiger partial charge is 0.477 e. The predicted octanol–water partition coefficient (Wildman–Crippen LogP) is 4.05. The Hall–Kier alpha value is -3.70. The summed E-state index contributed by atoms with van der Waals surface area (Å²) in [5.41, 5.74) is 2.42. The highest BCUT2D eigenvalue weighted by atomic mass is 79.9. The Balaban J connectivity index is 2.03. The van der Waals surface area contributed by atoms with Gasteiger partial charge in [-0.25, -0.2) is 9.69 Å². The Morgan fingerprint density at radius 2 is 1.94 bits per heavy atom.